The second-order valence-electron chi connectivity index (χ2n) is 2.21. The van der Waals surface area contributed by atoms with E-state index in [-0.39, 0.29) is 0 Å². The molecule has 0 bridgehead atoms. The van der Waals surface area contributed by atoms with Crippen LogP contribution in [0.2, 0.25) is 0 Å². The Hall–Kier alpha value is -1.09. The number of phenols is 1. The molecule has 0 spiro atoms. The summed E-state index contributed by atoms with van der Waals surface area (Å²) in [5.74, 6) is 1.11. The molecule has 0 aliphatic rings. The molecule has 1 aromatic rings. The normalized spacial score (nSPS) is 10.7. The van der Waals surface area contributed by atoms with Crippen molar-refractivity contribution >= 4 is 11.8 Å². The molecule has 0 saturated heterocycles. The molecular weight excluding hydrogens is 170 g/mol. The van der Waals surface area contributed by atoms with Crippen LogP contribution in [-0.4, -0.2) is 10.9 Å². The number of para-hydroxylation sites is 1. The highest BCUT2D eigenvalue weighted by atomic mass is 32.2. The zero-order valence-electron chi connectivity index (χ0n) is 6.60. The van der Waals surface area contributed by atoms with E-state index in [0.29, 0.717) is 5.75 Å². The summed E-state index contributed by atoms with van der Waals surface area (Å²) in [5, 5.41) is 9.33. The van der Waals surface area contributed by atoms with Crippen LogP contribution in [0.3, 0.4) is 0 Å². The smallest absolute Gasteiger partial charge is 0.129 e. The first kappa shape index (κ1) is 9.00. The number of phenolic OH excluding ortho intramolecular Hbond substituents is 1. The van der Waals surface area contributed by atoms with Crippen LogP contribution in [0.5, 0.6) is 5.75 Å². The van der Waals surface area contributed by atoms with Gasteiger partial charge in [0.2, 0.25) is 0 Å². The van der Waals surface area contributed by atoms with Gasteiger partial charge in [-0.05, 0) is 18.3 Å². The largest absolute Gasteiger partial charge is 0.507 e. The standard InChI is InChI=1S/C9H11NOS/c10-6-3-7-12-9-5-2-1-4-8(9)11/h1-6,11H,7,10H2. The minimum absolute atomic E-state index is 0.327. The van der Waals surface area contributed by atoms with E-state index in [1.54, 1.807) is 23.9 Å². The molecule has 0 fully saturated rings. The quantitative estimate of drug-likeness (QED) is 0.701. The van der Waals surface area contributed by atoms with Crippen LogP contribution in [0, 0.1) is 0 Å². The average Bonchev–Trinajstić information content (AvgIpc) is 2.09. The molecule has 0 aliphatic heterocycles. The summed E-state index contributed by atoms with van der Waals surface area (Å²) in [6.07, 6.45) is 3.35. The van der Waals surface area contributed by atoms with Crippen LogP contribution in [-0.2, 0) is 0 Å². The maximum Gasteiger partial charge on any atom is 0.129 e. The lowest BCUT2D eigenvalue weighted by molar-refractivity contribution is 0.462. The van der Waals surface area contributed by atoms with E-state index in [4.69, 9.17) is 5.73 Å². The molecule has 64 valence electrons. The van der Waals surface area contributed by atoms with E-state index in [1.807, 2.05) is 18.2 Å². The Balaban J connectivity index is 2.57. The summed E-state index contributed by atoms with van der Waals surface area (Å²) in [7, 11) is 0. The molecule has 12 heavy (non-hydrogen) atoms. The van der Waals surface area contributed by atoms with Crippen LogP contribution in [0.1, 0.15) is 0 Å². The fourth-order valence-corrected chi connectivity index (χ4v) is 1.55. The molecule has 1 rings (SSSR count). The molecule has 0 amide bonds. The summed E-state index contributed by atoms with van der Waals surface area (Å²) >= 11 is 1.55. The molecule has 2 nitrogen and oxygen atoms in total. The molecule has 0 radical (unpaired) electrons. The molecule has 3 N–H and O–H groups in total. The highest BCUT2D eigenvalue weighted by molar-refractivity contribution is 7.99. The first-order chi connectivity index (χ1) is 5.84. The fraction of sp³-hybridized carbons (Fsp3) is 0.111. The number of rotatable bonds is 3. The number of thioether (sulfide) groups is 1. The van der Waals surface area contributed by atoms with Crippen molar-refractivity contribution in [3.05, 3.63) is 36.5 Å². The van der Waals surface area contributed by atoms with Gasteiger partial charge in [0.1, 0.15) is 5.75 Å². The maximum atomic E-state index is 9.33. The number of aromatic hydroxyl groups is 1. The molecule has 0 aromatic heterocycles. The van der Waals surface area contributed by atoms with Gasteiger partial charge in [-0.1, -0.05) is 18.2 Å². The maximum absolute atomic E-state index is 9.33. The van der Waals surface area contributed by atoms with Crippen molar-refractivity contribution in [1.82, 2.24) is 0 Å². The third kappa shape index (κ3) is 2.51. The van der Waals surface area contributed by atoms with Gasteiger partial charge in [0.25, 0.3) is 0 Å². The number of hydrogen-bond acceptors (Lipinski definition) is 3. The third-order valence-corrected chi connectivity index (χ3v) is 2.35. The van der Waals surface area contributed by atoms with Crippen molar-refractivity contribution in [2.45, 2.75) is 4.90 Å². The van der Waals surface area contributed by atoms with Crippen LogP contribution < -0.4 is 5.73 Å². The fourth-order valence-electron chi connectivity index (χ4n) is 0.773. The molecule has 0 unspecified atom stereocenters. The van der Waals surface area contributed by atoms with Crippen LogP contribution in [0.25, 0.3) is 0 Å². The Morgan fingerprint density at radius 2 is 2.17 bits per heavy atom. The second-order valence-corrected chi connectivity index (χ2v) is 3.27. The number of hydrogen-bond donors (Lipinski definition) is 2. The SMILES string of the molecule is NC=CCSc1ccccc1O. The highest BCUT2D eigenvalue weighted by Gasteiger charge is 1.96. The summed E-state index contributed by atoms with van der Waals surface area (Å²) in [5.41, 5.74) is 5.17. The van der Waals surface area contributed by atoms with Crippen molar-refractivity contribution in [3.63, 3.8) is 0 Å². The van der Waals surface area contributed by atoms with Crippen molar-refractivity contribution in [3.8, 4) is 5.75 Å². The summed E-state index contributed by atoms with van der Waals surface area (Å²) in [4.78, 5) is 0.885. The summed E-state index contributed by atoms with van der Waals surface area (Å²) in [6.45, 7) is 0. The minimum atomic E-state index is 0.327. The molecule has 0 saturated carbocycles. The van der Waals surface area contributed by atoms with Crippen molar-refractivity contribution in [2.75, 3.05) is 5.75 Å². The van der Waals surface area contributed by atoms with E-state index in [1.165, 1.54) is 6.20 Å². The Morgan fingerprint density at radius 3 is 2.83 bits per heavy atom. The van der Waals surface area contributed by atoms with Gasteiger partial charge in [-0.25, -0.2) is 0 Å². The monoisotopic (exact) mass is 181 g/mol. The topological polar surface area (TPSA) is 46.2 Å². The lowest BCUT2D eigenvalue weighted by atomic mass is 10.3. The zero-order valence-corrected chi connectivity index (χ0v) is 7.42. The van der Waals surface area contributed by atoms with Gasteiger partial charge in [0.05, 0.1) is 0 Å². The van der Waals surface area contributed by atoms with Crippen molar-refractivity contribution < 1.29 is 5.11 Å². The molecule has 0 atom stereocenters. The minimum Gasteiger partial charge on any atom is -0.507 e. The van der Waals surface area contributed by atoms with Gasteiger partial charge >= 0.3 is 0 Å². The lowest BCUT2D eigenvalue weighted by Gasteiger charge is -1.99. The Labute approximate surface area is 76.1 Å². The summed E-state index contributed by atoms with van der Waals surface area (Å²) < 4.78 is 0. The van der Waals surface area contributed by atoms with Crippen LogP contribution >= 0.6 is 11.8 Å². The Kier molecular flexibility index (Phi) is 3.54. The van der Waals surface area contributed by atoms with Gasteiger partial charge in [-0.2, -0.15) is 0 Å². The lowest BCUT2D eigenvalue weighted by Crippen LogP contribution is -1.79. The van der Waals surface area contributed by atoms with E-state index >= 15 is 0 Å². The van der Waals surface area contributed by atoms with E-state index in [0.717, 1.165) is 10.6 Å². The Morgan fingerprint density at radius 1 is 1.42 bits per heavy atom. The number of nitrogens with two attached hydrogens (primary N) is 1. The molecular formula is C9H11NOS. The molecule has 3 heteroatoms. The van der Waals surface area contributed by atoms with E-state index < -0.39 is 0 Å². The molecule has 0 aliphatic carbocycles. The van der Waals surface area contributed by atoms with Gasteiger partial charge in [0.15, 0.2) is 0 Å². The predicted octanol–water partition coefficient (Wildman–Crippen LogP) is 1.96. The van der Waals surface area contributed by atoms with Gasteiger partial charge in [-0.3, -0.25) is 0 Å². The predicted molar refractivity (Wildman–Crippen MR) is 52.2 cm³/mol. The second kappa shape index (κ2) is 4.72. The number of benzene rings is 1. The van der Waals surface area contributed by atoms with Gasteiger partial charge in [-0.15, -0.1) is 11.8 Å². The average molecular weight is 181 g/mol. The highest BCUT2D eigenvalue weighted by Crippen LogP contribution is 2.27. The van der Waals surface area contributed by atoms with Gasteiger partial charge in [0, 0.05) is 10.6 Å². The van der Waals surface area contributed by atoms with E-state index in [2.05, 4.69) is 0 Å². The van der Waals surface area contributed by atoms with Crippen molar-refractivity contribution in [2.24, 2.45) is 5.73 Å². The first-order valence-electron chi connectivity index (χ1n) is 3.62. The van der Waals surface area contributed by atoms with E-state index in [9.17, 15) is 5.11 Å². The van der Waals surface area contributed by atoms with Crippen molar-refractivity contribution in [1.29, 1.82) is 0 Å². The van der Waals surface area contributed by atoms with Crippen LogP contribution in [0.15, 0.2) is 41.4 Å². The van der Waals surface area contributed by atoms with Crippen LogP contribution in [0.4, 0.5) is 0 Å². The molecule has 0 heterocycles. The first-order valence-corrected chi connectivity index (χ1v) is 4.60. The Bertz CT molecular complexity index is 273. The summed E-state index contributed by atoms with van der Waals surface area (Å²) in [6, 6.07) is 7.26. The third-order valence-electron chi connectivity index (χ3n) is 1.34. The zero-order chi connectivity index (χ0) is 8.81. The van der Waals surface area contributed by atoms with Gasteiger partial charge < -0.3 is 10.8 Å². The molecule has 1 aromatic carbocycles.